The smallest absolute Gasteiger partial charge is 0.408 e. The van der Waals surface area contributed by atoms with Crippen LogP contribution in [0.5, 0.6) is 0 Å². The molecule has 0 radical (unpaired) electrons. The Bertz CT molecular complexity index is 834. The van der Waals surface area contributed by atoms with E-state index >= 15 is 0 Å². The third-order valence-electron chi connectivity index (χ3n) is 5.50. The van der Waals surface area contributed by atoms with Crippen molar-refractivity contribution in [3.63, 3.8) is 0 Å². The number of fused-ring (bicyclic) bond motifs is 1. The van der Waals surface area contributed by atoms with Gasteiger partial charge in [-0.1, -0.05) is 6.58 Å². The fourth-order valence-corrected chi connectivity index (χ4v) is 4.36. The zero-order valence-electron chi connectivity index (χ0n) is 19.8. The molecular formula is C22H32N2O9. The molecule has 2 amide bonds. The lowest BCUT2D eigenvalue weighted by Gasteiger charge is -2.33. The van der Waals surface area contributed by atoms with Crippen molar-refractivity contribution < 1.29 is 42.9 Å². The fourth-order valence-electron chi connectivity index (χ4n) is 4.36. The Morgan fingerprint density at radius 1 is 1.21 bits per heavy atom. The van der Waals surface area contributed by atoms with E-state index in [0.29, 0.717) is 0 Å². The molecule has 11 nitrogen and oxygen atoms in total. The van der Waals surface area contributed by atoms with E-state index in [1.807, 2.05) is 0 Å². The van der Waals surface area contributed by atoms with Gasteiger partial charge in [0.15, 0.2) is 0 Å². The molecular weight excluding hydrogens is 436 g/mol. The SMILES string of the molecule is C=COC(=O)[C@H]1[C@H]2[C@@H]1C(NC(=O)[C@@H](C)NC(=O)OC(C)(C)C)(C(=O)OCC)C[C@@H]2OC(C)=O. The maximum absolute atomic E-state index is 13.1. The molecule has 0 aromatic carbocycles. The zero-order valence-corrected chi connectivity index (χ0v) is 19.8. The lowest BCUT2D eigenvalue weighted by Crippen LogP contribution is -2.61. The first kappa shape index (κ1) is 26.1. The molecule has 0 saturated heterocycles. The quantitative estimate of drug-likeness (QED) is 0.305. The van der Waals surface area contributed by atoms with Crippen LogP contribution >= 0.6 is 0 Å². The van der Waals surface area contributed by atoms with Crippen LogP contribution < -0.4 is 10.6 Å². The lowest BCUT2D eigenvalue weighted by atomic mass is 9.88. The van der Waals surface area contributed by atoms with Gasteiger partial charge in [-0.2, -0.15) is 0 Å². The van der Waals surface area contributed by atoms with Crippen LogP contribution in [0.2, 0.25) is 0 Å². The largest absolute Gasteiger partial charge is 0.464 e. The normalized spacial score (nSPS) is 28.4. The average molecular weight is 469 g/mol. The summed E-state index contributed by atoms with van der Waals surface area (Å²) < 4.78 is 20.6. The van der Waals surface area contributed by atoms with E-state index in [9.17, 15) is 24.0 Å². The molecule has 0 aliphatic heterocycles. The summed E-state index contributed by atoms with van der Waals surface area (Å²) in [5.41, 5.74) is -2.41. The van der Waals surface area contributed by atoms with Crippen LogP contribution in [0.25, 0.3) is 0 Å². The third-order valence-corrected chi connectivity index (χ3v) is 5.50. The van der Waals surface area contributed by atoms with Gasteiger partial charge in [0, 0.05) is 25.2 Å². The van der Waals surface area contributed by atoms with E-state index in [1.165, 1.54) is 13.8 Å². The van der Waals surface area contributed by atoms with Crippen molar-refractivity contribution in [1.82, 2.24) is 10.6 Å². The maximum Gasteiger partial charge on any atom is 0.408 e. The number of nitrogens with one attached hydrogen (secondary N) is 2. The lowest BCUT2D eigenvalue weighted by molar-refractivity contribution is -0.159. The van der Waals surface area contributed by atoms with E-state index in [1.54, 1.807) is 27.7 Å². The van der Waals surface area contributed by atoms with E-state index in [4.69, 9.17) is 18.9 Å². The molecule has 184 valence electrons. The van der Waals surface area contributed by atoms with Crippen molar-refractivity contribution in [3.05, 3.63) is 12.8 Å². The first-order chi connectivity index (χ1) is 15.3. The molecule has 0 aromatic rings. The van der Waals surface area contributed by atoms with Crippen molar-refractivity contribution in [2.24, 2.45) is 17.8 Å². The van der Waals surface area contributed by atoms with Crippen LogP contribution in [0.15, 0.2) is 12.8 Å². The first-order valence-corrected chi connectivity index (χ1v) is 10.7. The fraction of sp³-hybridized carbons (Fsp3) is 0.682. The molecule has 0 spiro atoms. The van der Waals surface area contributed by atoms with Crippen LogP contribution in [0, 0.1) is 17.8 Å². The monoisotopic (exact) mass is 468 g/mol. The number of carbonyl (C=O) groups is 5. The van der Waals surface area contributed by atoms with Gasteiger partial charge in [-0.05, 0) is 34.6 Å². The van der Waals surface area contributed by atoms with Crippen LogP contribution in [-0.4, -0.2) is 59.8 Å². The van der Waals surface area contributed by atoms with Gasteiger partial charge in [-0.15, -0.1) is 0 Å². The van der Waals surface area contributed by atoms with Crippen molar-refractivity contribution >= 4 is 29.9 Å². The van der Waals surface area contributed by atoms with Crippen LogP contribution in [0.3, 0.4) is 0 Å². The number of rotatable bonds is 8. The summed E-state index contributed by atoms with van der Waals surface area (Å²) in [5.74, 6) is -4.77. The summed E-state index contributed by atoms with van der Waals surface area (Å²) in [6.07, 6.45) is -0.733. The number of alkyl carbamates (subject to hydrolysis) is 1. The summed E-state index contributed by atoms with van der Waals surface area (Å²) in [6, 6.07) is -1.07. The second-order valence-corrected chi connectivity index (χ2v) is 9.13. The summed E-state index contributed by atoms with van der Waals surface area (Å²) in [4.78, 5) is 62.2. The molecule has 0 heterocycles. The molecule has 0 bridgehead atoms. The Morgan fingerprint density at radius 3 is 2.36 bits per heavy atom. The van der Waals surface area contributed by atoms with Gasteiger partial charge in [0.1, 0.15) is 23.3 Å². The average Bonchev–Trinajstić information content (AvgIpc) is 3.34. The standard InChI is InChI=1S/C22H32N2O9/c1-8-30-18(27)15-14-13(32-12(4)25)10-22(16(14)15,19(28)31-9-2)24-17(26)11(3)23-20(29)33-21(5,6)7/h8,11,13-16H,1,9-10H2,2-7H3,(H,23,29)(H,24,26)/t11-,13+,14+,15+,16+,22?/m1/s1. The second-order valence-electron chi connectivity index (χ2n) is 9.13. The highest BCUT2D eigenvalue weighted by Crippen LogP contribution is 2.64. The molecule has 6 atom stereocenters. The number of ether oxygens (including phenoxy) is 4. The molecule has 11 heteroatoms. The van der Waals surface area contributed by atoms with Gasteiger partial charge < -0.3 is 29.6 Å². The Kier molecular flexibility index (Phi) is 7.76. The van der Waals surface area contributed by atoms with Gasteiger partial charge in [0.2, 0.25) is 5.91 Å². The van der Waals surface area contributed by atoms with Crippen molar-refractivity contribution in [2.45, 2.75) is 71.2 Å². The highest BCUT2D eigenvalue weighted by Gasteiger charge is 2.77. The minimum Gasteiger partial charge on any atom is -0.464 e. The zero-order chi connectivity index (χ0) is 25.1. The van der Waals surface area contributed by atoms with E-state index in [-0.39, 0.29) is 13.0 Å². The molecule has 2 saturated carbocycles. The number of hydrogen-bond donors (Lipinski definition) is 2. The van der Waals surface area contributed by atoms with Gasteiger partial charge in [0.05, 0.1) is 18.8 Å². The number of hydrogen-bond acceptors (Lipinski definition) is 9. The molecule has 0 aromatic heterocycles. The third kappa shape index (κ3) is 5.82. The van der Waals surface area contributed by atoms with Crippen LogP contribution in [0.4, 0.5) is 4.79 Å². The maximum atomic E-state index is 13.1. The number of amides is 2. The van der Waals surface area contributed by atoms with Gasteiger partial charge >= 0.3 is 24.0 Å². The number of esters is 3. The van der Waals surface area contributed by atoms with Crippen LogP contribution in [-0.2, 0) is 38.1 Å². The van der Waals surface area contributed by atoms with Gasteiger partial charge in [0.25, 0.3) is 0 Å². The molecule has 2 aliphatic carbocycles. The topological polar surface area (TPSA) is 146 Å². The Morgan fingerprint density at radius 2 is 1.85 bits per heavy atom. The Hall–Kier alpha value is -3.11. The second kappa shape index (κ2) is 9.80. The number of carbonyl (C=O) groups excluding carboxylic acids is 5. The minimum absolute atomic E-state index is 0.0273. The molecule has 33 heavy (non-hydrogen) atoms. The van der Waals surface area contributed by atoms with Crippen LogP contribution in [0.1, 0.15) is 48.0 Å². The predicted molar refractivity (Wildman–Crippen MR) is 113 cm³/mol. The van der Waals surface area contributed by atoms with E-state index in [0.717, 1.165) is 6.26 Å². The van der Waals surface area contributed by atoms with Gasteiger partial charge in [-0.3, -0.25) is 14.4 Å². The molecule has 2 fully saturated rings. The van der Waals surface area contributed by atoms with Gasteiger partial charge in [-0.25, -0.2) is 9.59 Å². The van der Waals surface area contributed by atoms with Crippen molar-refractivity contribution in [3.8, 4) is 0 Å². The summed E-state index contributed by atoms with van der Waals surface area (Å²) in [7, 11) is 0. The van der Waals surface area contributed by atoms with E-state index in [2.05, 4.69) is 17.2 Å². The minimum atomic E-state index is -1.65. The molecule has 2 rings (SSSR count). The summed E-state index contributed by atoms with van der Waals surface area (Å²) in [6.45, 7) is 12.7. The summed E-state index contributed by atoms with van der Waals surface area (Å²) >= 11 is 0. The highest BCUT2D eigenvalue weighted by molar-refractivity contribution is 5.94. The molecule has 2 aliphatic rings. The van der Waals surface area contributed by atoms with Crippen molar-refractivity contribution in [1.29, 1.82) is 0 Å². The Balaban J connectivity index is 2.29. The molecule has 2 N–H and O–H groups in total. The Labute approximate surface area is 192 Å². The molecule has 1 unspecified atom stereocenters. The highest BCUT2D eigenvalue weighted by atomic mass is 16.6. The predicted octanol–water partition coefficient (Wildman–Crippen LogP) is 1.20. The summed E-state index contributed by atoms with van der Waals surface area (Å²) in [5, 5.41) is 5.07. The van der Waals surface area contributed by atoms with Crippen molar-refractivity contribution in [2.75, 3.05) is 6.61 Å². The first-order valence-electron chi connectivity index (χ1n) is 10.7. The van der Waals surface area contributed by atoms with E-state index < -0.39 is 70.9 Å².